The number of carbonyl (C=O) groups is 4. The summed E-state index contributed by atoms with van der Waals surface area (Å²) in [5, 5.41) is 22.8. The van der Waals surface area contributed by atoms with Gasteiger partial charge in [-0.15, -0.1) is 17.9 Å². The Bertz CT molecular complexity index is 2010. The smallest absolute Gasteiger partial charge is 0.330 e. The van der Waals surface area contributed by atoms with Crippen LogP contribution in [0.4, 0.5) is 5.13 Å². The highest BCUT2D eigenvalue weighted by molar-refractivity contribution is 9.10. The fraction of sp³-hybridized carbons (Fsp3) is 0.550. The fourth-order valence-electron chi connectivity index (χ4n) is 7.79. The first kappa shape index (κ1) is 39.0. The molecule has 3 amide bonds. The van der Waals surface area contributed by atoms with Gasteiger partial charge >= 0.3 is 5.97 Å². The SMILES string of the molecule is C=C[C@@H]1C[C@]1(NC(=O)[C@@H]1C[C@@H](Oc2cc(-c3csc(NC4CCCC4)n3)nc3c(Br)c(OC)ccc23)CN1C(=O)[C@@H](NC(=O)CC1CC1)C(C)(C)C)C(=O)O. The summed E-state index contributed by atoms with van der Waals surface area (Å²) < 4.78 is 13.0. The average molecular weight is 838 g/mol. The number of anilines is 1. The van der Waals surface area contributed by atoms with Crippen molar-refractivity contribution in [2.24, 2.45) is 17.3 Å². The molecule has 3 heterocycles. The molecule has 3 saturated carbocycles. The van der Waals surface area contributed by atoms with Crippen LogP contribution in [0, 0.1) is 17.3 Å². The Kier molecular flexibility index (Phi) is 10.9. The predicted molar refractivity (Wildman–Crippen MR) is 213 cm³/mol. The minimum absolute atomic E-state index is 0.0234. The molecular formula is C40H49BrN6O7S. The second kappa shape index (κ2) is 15.4. The van der Waals surface area contributed by atoms with E-state index in [0.717, 1.165) is 30.8 Å². The molecule has 4 aliphatic rings. The van der Waals surface area contributed by atoms with Gasteiger partial charge in [-0.3, -0.25) is 14.4 Å². The number of amides is 3. The predicted octanol–water partition coefficient (Wildman–Crippen LogP) is 6.31. The third-order valence-corrected chi connectivity index (χ3v) is 12.8. The van der Waals surface area contributed by atoms with Gasteiger partial charge in [0.05, 0.1) is 29.3 Å². The summed E-state index contributed by atoms with van der Waals surface area (Å²) in [6.45, 7) is 9.37. The number of methoxy groups -OCH3 is 1. The maximum Gasteiger partial charge on any atom is 0.330 e. The van der Waals surface area contributed by atoms with E-state index in [2.05, 4.69) is 38.5 Å². The van der Waals surface area contributed by atoms with Gasteiger partial charge in [-0.1, -0.05) is 39.7 Å². The topological polar surface area (TPSA) is 172 Å². The first-order valence-corrected chi connectivity index (χ1v) is 20.7. The van der Waals surface area contributed by atoms with Crippen LogP contribution in [0.2, 0.25) is 0 Å². The summed E-state index contributed by atoms with van der Waals surface area (Å²) in [4.78, 5) is 65.4. The standard InChI is InChI=1S/C40H49BrN6O7S/c1-6-22-18-40(22,37(51)52)46-35(49)28-16-24(19-47(28)36(50)34(39(2,3)4)45-31(48)15-21-11-12-21)54-30-17-26(43-33-25(30)13-14-29(53-5)32(33)41)27-20-55-38(44-27)42-23-9-7-8-10-23/h6,13-14,17,20-24,28,34H,1,7-12,15-16,18-19H2,2-5H3,(H,42,44)(H,45,48)(H,46,49)(H,51,52)/t22-,24-,28+,34-,40-/m1/s1. The van der Waals surface area contributed by atoms with Gasteiger partial charge in [-0.05, 0) is 71.5 Å². The number of halogens is 1. The van der Waals surface area contributed by atoms with Gasteiger partial charge in [0, 0.05) is 41.6 Å². The number of fused-ring (bicyclic) bond motifs is 1. The van der Waals surface area contributed by atoms with Crippen molar-refractivity contribution in [3.8, 4) is 22.9 Å². The van der Waals surface area contributed by atoms with E-state index in [1.807, 2.05) is 44.4 Å². The number of carboxylic acid groups (broad SMARTS) is 1. The minimum Gasteiger partial charge on any atom is -0.495 e. The lowest BCUT2D eigenvalue weighted by atomic mass is 9.85. The monoisotopic (exact) mass is 836 g/mol. The Labute approximate surface area is 333 Å². The van der Waals surface area contributed by atoms with E-state index in [1.54, 1.807) is 7.11 Å². The molecule has 3 aromatic rings. The molecule has 4 fully saturated rings. The maximum absolute atomic E-state index is 14.6. The van der Waals surface area contributed by atoms with E-state index >= 15 is 0 Å². The molecule has 4 N–H and O–H groups in total. The molecule has 0 unspecified atom stereocenters. The zero-order chi connectivity index (χ0) is 39.2. The lowest BCUT2D eigenvalue weighted by molar-refractivity contribution is -0.147. The molecule has 7 rings (SSSR count). The zero-order valence-electron chi connectivity index (χ0n) is 31.7. The fourth-order valence-corrected chi connectivity index (χ4v) is 9.17. The second-order valence-electron chi connectivity index (χ2n) is 16.5. The van der Waals surface area contributed by atoms with E-state index in [9.17, 15) is 24.3 Å². The summed E-state index contributed by atoms with van der Waals surface area (Å²) in [7, 11) is 1.58. The van der Waals surface area contributed by atoms with Crippen molar-refractivity contribution in [3.05, 3.63) is 40.7 Å². The van der Waals surface area contributed by atoms with E-state index in [0.29, 0.717) is 56.6 Å². The Hall–Kier alpha value is -4.24. The Morgan fingerprint density at radius 3 is 2.51 bits per heavy atom. The van der Waals surface area contributed by atoms with Crippen LogP contribution in [0.25, 0.3) is 22.3 Å². The van der Waals surface area contributed by atoms with Gasteiger partial charge in [0.1, 0.15) is 40.9 Å². The number of aromatic nitrogens is 2. The van der Waals surface area contributed by atoms with Gasteiger partial charge in [0.15, 0.2) is 5.13 Å². The molecule has 294 valence electrons. The van der Waals surface area contributed by atoms with E-state index in [-0.39, 0.29) is 25.3 Å². The number of thiazole rings is 1. The van der Waals surface area contributed by atoms with Crippen LogP contribution in [-0.4, -0.2) is 87.1 Å². The number of rotatable bonds is 14. The van der Waals surface area contributed by atoms with E-state index in [1.165, 1.54) is 35.2 Å². The number of nitrogens with one attached hydrogen (secondary N) is 3. The molecule has 15 heteroatoms. The van der Waals surface area contributed by atoms with Crippen LogP contribution in [0.15, 0.2) is 40.7 Å². The van der Waals surface area contributed by atoms with Gasteiger partial charge in [0.25, 0.3) is 0 Å². The summed E-state index contributed by atoms with van der Waals surface area (Å²) >= 11 is 5.19. The molecule has 1 aliphatic heterocycles. The Morgan fingerprint density at radius 2 is 1.87 bits per heavy atom. The molecule has 3 aliphatic carbocycles. The number of pyridine rings is 1. The van der Waals surface area contributed by atoms with Crippen LogP contribution in [-0.2, 0) is 19.2 Å². The van der Waals surface area contributed by atoms with Gasteiger partial charge in [-0.25, -0.2) is 14.8 Å². The molecule has 2 aromatic heterocycles. The number of aliphatic carboxylic acids is 1. The summed E-state index contributed by atoms with van der Waals surface area (Å²) in [5.74, 6) is -1.45. The third kappa shape index (κ3) is 8.18. The van der Waals surface area contributed by atoms with Crippen molar-refractivity contribution in [3.63, 3.8) is 0 Å². The molecule has 1 aromatic carbocycles. The molecule has 1 saturated heterocycles. The van der Waals surface area contributed by atoms with Gasteiger partial charge in [0.2, 0.25) is 17.7 Å². The average Bonchev–Trinajstić information content (AvgIpc) is 3.85. The Balaban J connectivity index is 1.21. The zero-order valence-corrected chi connectivity index (χ0v) is 34.1. The molecule has 5 atom stereocenters. The number of nitrogens with zero attached hydrogens (tertiary/aromatic N) is 3. The molecule has 55 heavy (non-hydrogen) atoms. The summed E-state index contributed by atoms with van der Waals surface area (Å²) in [5.41, 5.74) is -0.351. The first-order chi connectivity index (χ1) is 26.2. The van der Waals surface area contributed by atoms with E-state index in [4.69, 9.17) is 19.4 Å². The van der Waals surface area contributed by atoms with Gasteiger partial charge in [-0.2, -0.15) is 0 Å². The van der Waals surface area contributed by atoms with Crippen molar-refractivity contribution in [1.29, 1.82) is 0 Å². The molecule has 0 bridgehead atoms. The van der Waals surface area contributed by atoms with Crippen LogP contribution >= 0.6 is 27.3 Å². The summed E-state index contributed by atoms with van der Waals surface area (Å²) in [6.07, 6.45) is 8.09. The lowest BCUT2D eigenvalue weighted by Gasteiger charge is -2.35. The largest absolute Gasteiger partial charge is 0.495 e. The van der Waals surface area contributed by atoms with Crippen LogP contribution in [0.5, 0.6) is 11.5 Å². The lowest BCUT2D eigenvalue weighted by Crippen LogP contribution is -2.59. The molecule has 13 nitrogen and oxygen atoms in total. The van der Waals surface area contributed by atoms with Crippen LogP contribution in [0.3, 0.4) is 0 Å². The van der Waals surface area contributed by atoms with Crippen molar-refractivity contribution >= 4 is 67.0 Å². The number of hydrogen-bond acceptors (Lipinski definition) is 10. The molecule has 0 spiro atoms. The number of carboxylic acids is 1. The number of benzene rings is 1. The maximum atomic E-state index is 14.6. The first-order valence-electron chi connectivity index (χ1n) is 19.0. The van der Waals surface area contributed by atoms with Gasteiger partial charge < -0.3 is 35.4 Å². The highest BCUT2D eigenvalue weighted by Crippen LogP contribution is 2.45. The van der Waals surface area contributed by atoms with E-state index < -0.39 is 52.8 Å². The summed E-state index contributed by atoms with van der Waals surface area (Å²) in [6, 6.07) is 3.89. The number of ether oxygens (including phenoxy) is 2. The van der Waals surface area contributed by atoms with Crippen LogP contribution < -0.4 is 25.4 Å². The van der Waals surface area contributed by atoms with Crippen LogP contribution in [0.1, 0.15) is 78.6 Å². The quantitative estimate of drug-likeness (QED) is 0.135. The highest BCUT2D eigenvalue weighted by atomic mass is 79.9. The molecule has 0 radical (unpaired) electrons. The highest BCUT2D eigenvalue weighted by Gasteiger charge is 2.61. The minimum atomic E-state index is -1.49. The third-order valence-electron chi connectivity index (χ3n) is 11.3. The molecular weight excluding hydrogens is 788 g/mol. The van der Waals surface area contributed by atoms with Crippen molar-refractivity contribution in [1.82, 2.24) is 25.5 Å². The van der Waals surface area contributed by atoms with Crippen molar-refractivity contribution in [2.45, 2.75) is 108 Å². The number of carbonyl (C=O) groups excluding carboxylic acids is 3. The van der Waals surface area contributed by atoms with Crippen molar-refractivity contribution in [2.75, 3.05) is 19.0 Å². The number of hydrogen-bond donors (Lipinski definition) is 4. The Morgan fingerprint density at radius 1 is 1.13 bits per heavy atom. The normalized spacial score (nSPS) is 24.3. The second-order valence-corrected chi connectivity index (χ2v) is 18.1. The van der Waals surface area contributed by atoms with Crippen molar-refractivity contribution < 1.29 is 33.8 Å². The number of likely N-dealkylation sites (tertiary alicyclic amines) is 1.